The molecule has 5 rings (SSSR count). The van der Waals surface area contributed by atoms with Gasteiger partial charge in [-0.2, -0.15) is 13.2 Å². The number of alkyl halides is 3. The van der Waals surface area contributed by atoms with Crippen LogP contribution in [0.1, 0.15) is 118 Å². The van der Waals surface area contributed by atoms with E-state index in [1.54, 1.807) is 0 Å². The molecule has 1 fully saturated rings. The van der Waals surface area contributed by atoms with Gasteiger partial charge in [0.15, 0.2) is 8.32 Å². The van der Waals surface area contributed by atoms with Crippen molar-refractivity contribution < 1.29 is 32.2 Å². The van der Waals surface area contributed by atoms with E-state index in [-0.39, 0.29) is 22.5 Å². The van der Waals surface area contributed by atoms with E-state index in [9.17, 15) is 18.3 Å². The average molecular weight is 633 g/mol. The predicted molar refractivity (Wildman–Crippen MR) is 167 cm³/mol. The Morgan fingerprint density at radius 1 is 1.07 bits per heavy atom. The van der Waals surface area contributed by atoms with Crippen molar-refractivity contribution >= 4 is 13.9 Å². The number of halogens is 3. The molecule has 3 aliphatic rings. The van der Waals surface area contributed by atoms with Crippen LogP contribution in [0, 0.1) is 5.41 Å². The number of ether oxygens (including phenoxy) is 2. The summed E-state index contributed by atoms with van der Waals surface area (Å²) in [7, 11) is -2.24. The minimum Gasteiger partial charge on any atom is -0.410 e. The molecule has 1 aliphatic carbocycles. The van der Waals surface area contributed by atoms with E-state index in [1.807, 2.05) is 0 Å². The lowest BCUT2D eigenvalue weighted by atomic mass is 9.71. The number of aliphatic hydroxyl groups is 1. The maximum absolute atomic E-state index is 13.4. The minimum absolute atomic E-state index is 0.0173. The van der Waals surface area contributed by atoms with Crippen molar-refractivity contribution in [1.29, 1.82) is 0 Å². The number of rotatable bonds is 6. The Morgan fingerprint density at radius 2 is 1.77 bits per heavy atom. The summed E-state index contributed by atoms with van der Waals surface area (Å²) < 4.78 is 58.8. The Kier molecular flexibility index (Phi) is 9.25. The lowest BCUT2D eigenvalue weighted by Crippen LogP contribution is -2.44. The molecule has 6 nitrogen and oxygen atoms in total. The molecule has 0 spiro atoms. The first-order chi connectivity index (χ1) is 20.5. The fourth-order valence-corrected chi connectivity index (χ4v) is 7.75. The summed E-state index contributed by atoms with van der Waals surface area (Å²) >= 11 is 0. The topological polar surface area (TPSA) is 73.7 Å². The van der Waals surface area contributed by atoms with Gasteiger partial charge in [0.2, 0.25) is 0 Å². The number of hydrogen-bond donors (Lipinski definition) is 1. The Morgan fingerprint density at radius 3 is 2.34 bits per heavy atom. The number of hydrogen-bond acceptors (Lipinski definition) is 6. The number of aliphatic hydroxyl groups excluding tert-OH is 1. The monoisotopic (exact) mass is 632 g/mol. The standard InChI is InChI=1S/C34H47F3N2O4Si/c1-32(2,3)44(6,7)43-25-19-33(4,5)18-24-28(25)27(21-10-14-41-15-11-21)29(30(39-24)22-12-16-42-17-13-22)31(40)23-8-9-26(38-20-23)34(35,36)37/h8-10,20,22,25,31,40H,11-19H2,1-7H3/t25?,31-/m1/s1. The van der Waals surface area contributed by atoms with E-state index in [1.165, 1.54) is 6.07 Å². The van der Waals surface area contributed by atoms with Gasteiger partial charge >= 0.3 is 6.18 Å². The molecule has 2 atom stereocenters. The lowest BCUT2D eigenvalue weighted by molar-refractivity contribution is -0.141. The van der Waals surface area contributed by atoms with Gasteiger partial charge in [0.25, 0.3) is 0 Å². The fourth-order valence-electron chi connectivity index (χ4n) is 6.49. The Balaban J connectivity index is 1.78. The van der Waals surface area contributed by atoms with E-state index in [2.05, 4.69) is 58.8 Å². The third-order valence-electron chi connectivity index (χ3n) is 9.89. The second-order valence-corrected chi connectivity index (χ2v) is 19.6. The molecule has 2 aromatic heterocycles. The van der Waals surface area contributed by atoms with E-state index >= 15 is 0 Å². The van der Waals surface area contributed by atoms with Gasteiger partial charge in [-0.15, -0.1) is 0 Å². The predicted octanol–water partition coefficient (Wildman–Crippen LogP) is 8.31. The van der Waals surface area contributed by atoms with Crippen LogP contribution < -0.4 is 0 Å². The number of fused-ring (bicyclic) bond motifs is 1. The zero-order valence-electron chi connectivity index (χ0n) is 27.1. The zero-order chi connectivity index (χ0) is 32.1. The third-order valence-corrected chi connectivity index (χ3v) is 14.4. The van der Waals surface area contributed by atoms with Crippen molar-refractivity contribution in [3.63, 3.8) is 0 Å². The molecule has 1 N–H and O–H groups in total. The van der Waals surface area contributed by atoms with Crippen molar-refractivity contribution in [1.82, 2.24) is 9.97 Å². The molecule has 242 valence electrons. The summed E-state index contributed by atoms with van der Waals surface area (Å²) in [6, 6.07) is 2.28. The highest BCUT2D eigenvalue weighted by Crippen LogP contribution is 2.52. The van der Waals surface area contributed by atoms with Crippen molar-refractivity contribution in [3.05, 3.63) is 63.7 Å². The van der Waals surface area contributed by atoms with Gasteiger partial charge < -0.3 is 19.0 Å². The average Bonchev–Trinajstić information content (AvgIpc) is 2.95. The second kappa shape index (κ2) is 12.2. The van der Waals surface area contributed by atoms with E-state index in [4.69, 9.17) is 18.9 Å². The molecular formula is C34H47F3N2O4Si. The Labute approximate surface area is 260 Å². The quantitative estimate of drug-likeness (QED) is 0.323. The first-order valence-corrected chi connectivity index (χ1v) is 18.7. The molecule has 2 aliphatic heterocycles. The van der Waals surface area contributed by atoms with Gasteiger partial charge in [-0.3, -0.25) is 9.97 Å². The van der Waals surface area contributed by atoms with Crippen molar-refractivity contribution in [2.45, 2.75) is 109 Å². The normalized spacial score (nSPS) is 22.3. The van der Waals surface area contributed by atoms with Crippen LogP contribution in [0.4, 0.5) is 13.2 Å². The molecule has 1 saturated heterocycles. The molecule has 2 aromatic rings. The summed E-state index contributed by atoms with van der Waals surface area (Å²) in [5.41, 5.74) is 4.76. The van der Waals surface area contributed by atoms with Crippen molar-refractivity contribution in [2.75, 3.05) is 26.4 Å². The maximum atomic E-state index is 13.4. The van der Waals surface area contributed by atoms with Crippen molar-refractivity contribution in [3.8, 4) is 0 Å². The fraction of sp³-hybridized carbons (Fsp3) is 0.647. The highest BCUT2D eigenvalue weighted by Gasteiger charge is 2.45. The van der Waals surface area contributed by atoms with Gasteiger partial charge in [0.05, 0.1) is 25.0 Å². The molecule has 4 heterocycles. The zero-order valence-corrected chi connectivity index (χ0v) is 28.1. The largest absolute Gasteiger partial charge is 0.433 e. The van der Waals surface area contributed by atoms with Gasteiger partial charge in [-0.1, -0.05) is 46.8 Å². The van der Waals surface area contributed by atoms with Gasteiger partial charge in [0.1, 0.15) is 11.8 Å². The first kappa shape index (κ1) is 33.3. The molecule has 0 radical (unpaired) electrons. The maximum Gasteiger partial charge on any atom is 0.433 e. The molecule has 0 aromatic carbocycles. The summed E-state index contributed by atoms with van der Waals surface area (Å²) in [5, 5.41) is 12.2. The SMILES string of the molecule is CC1(C)Cc2nc(C3CCOCC3)c([C@H](O)c3ccc(C(F)(F)F)nc3)c(C3=CCOCC3)c2C(O[Si](C)(C)C(C)(C)C)C1. The third kappa shape index (κ3) is 6.84. The van der Waals surface area contributed by atoms with Crippen LogP contribution >= 0.6 is 0 Å². The molecule has 0 bridgehead atoms. The van der Waals surface area contributed by atoms with Crippen molar-refractivity contribution in [2.24, 2.45) is 5.41 Å². The summed E-state index contributed by atoms with van der Waals surface area (Å²) in [5.74, 6) is 0.0464. The van der Waals surface area contributed by atoms with E-state index in [0.717, 1.165) is 66.0 Å². The first-order valence-electron chi connectivity index (χ1n) is 15.8. The molecule has 1 unspecified atom stereocenters. The summed E-state index contributed by atoms with van der Waals surface area (Å²) in [6.45, 7) is 17.9. The molecular weight excluding hydrogens is 585 g/mol. The van der Waals surface area contributed by atoms with Gasteiger partial charge in [0, 0.05) is 47.7 Å². The smallest absolute Gasteiger partial charge is 0.410 e. The van der Waals surface area contributed by atoms with Crippen LogP contribution in [0.5, 0.6) is 0 Å². The molecule has 0 amide bonds. The number of pyridine rings is 2. The Hall–Kier alpha value is -2.11. The van der Waals surface area contributed by atoms with Gasteiger partial charge in [-0.25, -0.2) is 0 Å². The van der Waals surface area contributed by atoms with E-state index < -0.39 is 26.3 Å². The van der Waals surface area contributed by atoms with Crippen LogP contribution in [-0.4, -0.2) is 49.8 Å². The number of aromatic nitrogens is 2. The summed E-state index contributed by atoms with van der Waals surface area (Å²) in [4.78, 5) is 9.09. The van der Waals surface area contributed by atoms with Crippen LogP contribution in [0.15, 0.2) is 24.4 Å². The van der Waals surface area contributed by atoms with Crippen LogP contribution in [0.2, 0.25) is 18.1 Å². The van der Waals surface area contributed by atoms with Crippen LogP contribution in [0.3, 0.4) is 0 Å². The molecule has 44 heavy (non-hydrogen) atoms. The summed E-state index contributed by atoms with van der Waals surface area (Å²) in [6.07, 6.45) is 0.950. The lowest BCUT2D eigenvalue weighted by Gasteiger charge is -2.45. The highest BCUT2D eigenvalue weighted by molar-refractivity contribution is 6.74. The highest BCUT2D eigenvalue weighted by atomic mass is 28.4. The molecule has 10 heteroatoms. The number of nitrogens with zero attached hydrogens (tertiary/aromatic N) is 2. The van der Waals surface area contributed by atoms with Gasteiger partial charge in [-0.05, 0) is 72.9 Å². The Bertz CT molecular complexity index is 1380. The molecule has 0 saturated carbocycles. The minimum atomic E-state index is -4.57. The van der Waals surface area contributed by atoms with E-state index in [0.29, 0.717) is 44.0 Å². The second-order valence-electron chi connectivity index (χ2n) is 14.9. The van der Waals surface area contributed by atoms with Crippen LogP contribution in [-0.2, 0) is 26.5 Å². The van der Waals surface area contributed by atoms with Crippen LogP contribution in [0.25, 0.3) is 5.57 Å².